The Morgan fingerprint density at radius 1 is 0.615 bits per heavy atom. The predicted molar refractivity (Wildman–Crippen MR) is 105 cm³/mol. The number of fused-ring (bicyclic) bond motifs is 3. The molecule has 5 aromatic rings. The fraction of sp³-hybridized carbons (Fsp3) is 0. The van der Waals surface area contributed by atoms with Gasteiger partial charge in [0.15, 0.2) is 10.9 Å². The third-order valence-corrected chi connectivity index (χ3v) is 4.18. The van der Waals surface area contributed by atoms with Crippen molar-refractivity contribution in [2.24, 2.45) is 0 Å². The van der Waals surface area contributed by atoms with Crippen LogP contribution in [0.15, 0.2) is 99.1 Å². The molecule has 0 spiro atoms. The van der Waals surface area contributed by atoms with Gasteiger partial charge in [0, 0.05) is 27.9 Å². The van der Waals surface area contributed by atoms with E-state index in [-0.39, 0.29) is 10.9 Å². The summed E-state index contributed by atoms with van der Waals surface area (Å²) >= 11 is 0. The molecule has 0 saturated carbocycles. The SMILES string of the molecule is O=c1c2ccccc2[nH]c2ccccc12.O=c1ccoc2ccccc12. The third-order valence-electron chi connectivity index (χ3n) is 4.18. The number of hydrogen-bond acceptors (Lipinski definition) is 3. The molecule has 26 heavy (non-hydrogen) atoms. The van der Waals surface area contributed by atoms with Gasteiger partial charge in [0.2, 0.25) is 0 Å². The lowest BCUT2D eigenvalue weighted by molar-refractivity contribution is 0.602. The monoisotopic (exact) mass is 341 g/mol. The molecule has 2 aromatic heterocycles. The highest BCUT2D eigenvalue weighted by molar-refractivity contribution is 5.92. The van der Waals surface area contributed by atoms with Gasteiger partial charge in [-0.25, -0.2) is 0 Å². The van der Waals surface area contributed by atoms with Crippen LogP contribution in [-0.2, 0) is 0 Å². The second-order valence-electron chi connectivity index (χ2n) is 5.83. The topological polar surface area (TPSA) is 63.1 Å². The molecule has 0 saturated heterocycles. The minimum absolute atomic E-state index is 0.00634. The molecule has 4 nitrogen and oxygen atoms in total. The largest absolute Gasteiger partial charge is 0.464 e. The zero-order chi connectivity index (χ0) is 17.9. The van der Waals surface area contributed by atoms with E-state index in [1.165, 1.54) is 12.3 Å². The number of benzene rings is 3. The van der Waals surface area contributed by atoms with Crippen LogP contribution in [0.3, 0.4) is 0 Å². The van der Waals surface area contributed by atoms with E-state index >= 15 is 0 Å². The maximum atomic E-state index is 12.1. The van der Waals surface area contributed by atoms with Crippen LogP contribution < -0.4 is 10.9 Å². The molecule has 0 fully saturated rings. The van der Waals surface area contributed by atoms with E-state index < -0.39 is 0 Å². The zero-order valence-corrected chi connectivity index (χ0v) is 13.8. The van der Waals surface area contributed by atoms with Crippen LogP contribution in [0.4, 0.5) is 0 Å². The van der Waals surface area contributed by atoms with Crippen molar-refractivity contribution >= 4 is 32.8 Å². The van der Waals surface area contributed by atoms with E-state index in [2.05, 4.69) is 4.98 Å². The lowest BCUT2D eigenvalue weighted by atomic mass is 10.1. The van der Waals surface area contributed by atoms with Gasteiger partial charge in [-0.2, -0.15) is 0 Å². The maximum absolute atomic E-state index is 12.1. The summed E-state index contributed by atoms with van der Waals surface area (Å²) in [6, 6.07) is 23.7. The van der Waals surface area contributed by atoms with E-state index in [4.69, 9.17) is 4.42 Å². The van der Waals surface area contributed by atoms with Crippen LogP contribution in [0.1, 0.15) is 0 Å². The normalized spacial score (nSPS) is 10.6. The Balaban J connectivity index is 0.000000136. The van der Waals surface area contributed by atoms with Crippen molar-refractivity contribution in [3.8, 4) is 0 Å². The van der Waals surface area contributed by atoms with Crippen LogP contribution in [0, 0.1) is 0 Å². The first-order chi connectivity index (χ1) is 12.7. The minimum Gasteiger partial charge on any atom is -0.464 e. The molecule has 0 unspecified atom stereocenters. The molecule has 1 N–H and O–H groups in total. The average molecular weight is 341 g/mol. The lowest BCUT2D eigenvalue weighted by Gasteiger charge is -2.01. The van der Waals surface area contributed by atoms with Gasteiger partial charge in [-0.05, 0) is 36.4 Å². The molecule has 5 rings (SSSR count). The van der Waals surface area contributed by atoms with Crippen molar-refractivity contribution in [3.63, 3.8) is 0 Å². The second kappa shape index (κ2) is 6.69. The highest BCUT2D eigenvalue weighted by Gasteiger charge is 2.02. The number of para-hydroxylation sites is 3. The van der Waals surface area contributed by atoms with Gasteiger partial charge in [-0.1, -0.05) is 36.4 Å². The van der Waals surface area contributed by atoms with Crippen molar-refractivity contribution in [1.82, 2.24) is 4.98 Å². The van der Waals surface area contributed by atoms with Gasteiger partial charge in [0.05, 0.1) is 11.6 Å². The van der Waals surface area contributed by atoms with Crippen LogP contribution in [-0.4, -0.2) is 4.98 Å². The summed E-state index contributed by atoms with van der Waals surface area (Å²) in [4.78, 5) is 26.4. The molecule has 0 radical (unpaired) electrons. The van der Waals surface area contributed by atoms with E-state index in [0.29, 0.717) is 11.0 Å². The first kappa shape index (κ1) is 15.8. The smallest absolute Gasteiger partial charge is 0.197 e. The van der Waals surface area contributed by atoms with Gasteiger partial charge in [-0.3, -0.25) is 9.59 Å². The summed E-state index contributed by atoms with van der Waals surface area (Å²) in [6.45, 7) is 0. The van der Waals surface area contributed by atoms with Crippen molar-refractivity contribution in [2.75, 3.05) is 0 Å². The molecule has 0 aliphatic carbocycles. The lowest BCUT2D eigenvalue weighted by Crippen LogP contribution is -2.03. The van der Waals surface area contributed by atoms with Crippen LogP contribution >= 0.6 is 0 Å². The first-order valence-corrected chi connectivity index (χ1v) is 8.20. The summed E-state index contributed by atoms with van der Waals surface area (Å²) in [6.07, 6.45) is 1.41. The maximum Gasteiger partial charge on any atom is 0.197 e. The Bertz CT molecular complexity index is 1270. The summed E-state index contributed by atoms with van der Waals surface area (Å²) in [5.41, 5.74) is 2.52. The highest BCUT2D eigenvalue weighted by atomic mass is 16.3. The number of H-pyrrole nitrogens is 1. The Labute approximate surface area is 148 Å². The van der Waals surface area contributed by atoms with Crippen molar-refractivity contribution in [2.45, 2.75) is 0 Å². The van der Waals surface area contributed by atoms with Gasteiger partial charge in [-0.15, -0.1) is 0 Å². The molecular weight excluding hydrogens is 326 g/mol. The first-order valence-electron chi connectivity index (χ1n) is 8.20. The van der Waals surface area contributed by atoms with E-state index in [1.54, 1.807) is 12.1 Å². The number of pyridine rings is 1. The Kier molecular flexibility index (Phi) is 4.07. The van der Waals surface area contributed by atoms with Crippen LogP contribution in [0.2, 0.25) is 0 Å². The Morgan fingerprint density at radius 2 is 1.15 bits per heavy atom. The average Bonchev–Trinajstić information content (AvgIpc) is 2.69. The van der Waals surface area contributed by atoms with E-state index in [1.807, 2.05) is 60.7 Å². The number of nitrogens with one attached hydrogen (secondary N) is 1. The summed E-state index contributed by atoms with van der Waals surface area (Å²) in [5, 5.41) is 2.13. The standard InChI is InChI=1S/C13H9NO.C9H6O2/c15-13-9-5-1-3-7-11(9)14-12-8-4-2-6-10(12)13;10-8-5-6-11-9-4-2-1-3-7(8)9/h1-8H,(H,14,15);1-6H. The molecule has 0 atom stereocenters. The van der Waals surface area contributed by atoms with E-state index in [0.717, 1.165) is 21.8 Å². The fourth-order valence-corrected chi connectivity index (χ4v) is 2.90. The van der Waals surface area contributed by atoms with E-state index in [9.17, 15) is 9.59 Å². The quantitative estimate of drug-likeness (QED) is 0.423. The summed E-state index contributed by atoms with van der Waals surface area (Å²) < 4.78 is 5.09. The van der Waals surface area contributed by atoms with Crippen molar-refractivity contribution in [3.05, 3.63) is 106 Å². The fourth-order valence-electron chi connectivity index (χ4n) is 2.90. The molecule has 0 aliphatic rings. The van der Waals surface area contributed by atoms with Gasteiger partial charge in [0.25, 0.3) is 0 Å². The molecule has 0 amide bonds. The summed E-state index contributed by atoms with van der Waals surface area (Å²) in [5.74, 6) is 0. The van der Waals surface area contributed by atoms with Gasteiger partial charge >= 0.3 is 0 Å². The molecule has 2 heterocycles. The molecule has 4 heteroatoms. The van der Waals surface area contributed by atoms with Crippen LogP contribution in [0.5, 0.6) is 0 Å². The number of hydrogen-bond donors (Lipinski definition) is 1. The van der Waals surface area contributed by atoms with Crippen molar-refractivity contribution in [1.29, 1.82) is 0 Å². The van der Waals surface area contributed by atoms with Crippen molar-refractivity contribution < 1.29 is 4.42 Å². The molecule has 0 bridgehead atoms. The Morgan fingerprint density at radius 3 is 1.77 bits per heavy atom. The number of aromatic nitrogens is 1. The number of aromatic amines is 1. The Hall–Kier alpha value is -3.66. The minimum atomic E-state index is 0.00634. The summed E-state index contributed by atoms with van der Waals surface area (Å²) in [7, 11) is 0. The highest BCUT2D eigenvalue weighted by Crippen LogP contribution is 2.13. The molecule has 126 valence electrons. The van der Waals surface area contributed by atoms with Gasteiger partial charge in [0.1, 0.15) is 5.58 Å². The molecule has 0 aliphatic heterocycles. The number of rotatable bonds is 0. The molecule has 3 aromatic carbocycles. The third kappa shape index (κ3) is 2.89. The predicted octanol–water partition coefficient (Wildman–Crippen LogP) is 4.47. The van der Waals surface area contributed by atoms with Gasteiger partial charge < -0.3 is 9.40 Å². The molecular formula is C22H15NO3. The second-order valence-corrected chi connectivity index (χ2v) is 5.83. The zero-order valence-electron chi connectivity index (χ0n) is 13.8. The van der Waals surface area contributed by atoms with Crippen LogP contribution in [0.25, 0.3) is 32.8 Å².